The Kier molecular flexibility index (Phi) is 6.08. The minimum atomic E-state index is -0.546. The highest BCUT2D eigenvalue weighted by Crippen LogP contribution is 2.54. The van der Waals surface area contributed by atoms with Gasteiger partial charge in [-0.1, -0.05) is 37.5 Å². The molecule has 3 aliphatic rings. The maximum atomic E-state index is 14.1. The zero-order valence-electron chi connectivity index (χ0n) is 18.9. The molecule has 2 aromatic carbocycles. The molecule has 174 valence electrons. The highest BCUT2D eigenvalue weighted by atomic mass is 79.9. The first-order chi connectivity index (χ1) is 16.0. The van der Waals surface area contributed by atoms with Crippen molar-refractivity contribution in [3.8, 4) is 0 Å². The third kappa shape index (κ3) is 3.71. The molecule has 0 radical (unpaired) electrons. The summed E-state index contributed by atoms with van der Waals surface area (Å²) in [5.41, 5.74) is 9.40. The van der Waals surface area contributed by atoms with Crippen LogP contribution in [0.2, 0.25) is 0 Å². The summed E-state index contributed by atoms with van der Waals surface area (Å²) in [6.07, 6.45) is 9.07. The van der Waals surface area contributed by atoms with Crippen molar-refractivity contribution in [1.82, 2.24) is 0 Å². The predicted molar refractivity (Wildman–Crippen MR) is 133 cm³/mol. The second-order valence-corrected chi connectivity index (χ2v) is 10.8. The minimum Gasteiger partial charge on any atom is -0.396 e. The van der Waals surface area contributed by atoms with Crippen molar-refractivity contribution in [3.05, 3.63) is 57.6 Å². The van der Waals surface area contributed by atoms with Gasteiger partial charge in [-0.15, -0.1) is 0 Å². The zero-order valence-corrected chi connectivity index (χ0v) is 20.4. The highest BCUT2D eigenvalue weighted by molar-refractivity contribution is 9.10. The van der Waals surface area contributed by atoms with Crippen molar-refractivity contribution in [2.75, 3.05) is 11.5 Å². The fourth-order valence-corrected chi connectivity index (χ4v) is 6.88. The Morgan fingerprint density at radius 1 is 1.06 bits per heavy atom. The maximum absolute atomic E-state index is 14.1. The molecule has 0 bridgehead atoms. The first-order valence-electron chi connectivity index (χ1n) is 12.1. The lowest BCUT2D eigenvalue weighted by molar-refractivity contribution is -0.123. The Bertz CT molecular complexity index is 1080. The first-order valence-corrected chi connectivity index (χ1v) is 12.9. The standard InChI is InChI=1S/C27H31BrN2O3/c28-21-5-4-6-22(24(21)25(29)32)30-23-15-19(18-9-7-17(16-31)8-10-18)11-12-20(23)27(26(30)33)13-2-1-3-14-27/h4-6,11-12,15,17-18,31H,1-3,7-10,13-14,16H2,(H2,29,32). The van der Waals surface area contributed by atoms with E-state index in [-0.39, 0.29) is 12.5 Å². The predicted octanol–water partition coefficient (Wildman–Crippen LogP) is 5.69. The summed E-state index contributed by atoms with van der Waals surface area (Å²) in [4.78, 5) is 28.3. The van der Waals surface area contributed by atoms with Crippen LogP contribution in [-0.4, -0.2) is 23.5 Å². The summed E-state index contributed by atoms with van der Waals surface area (Å²) in [5, 5.41) is 9.51. The normalized spacial score (nSPS) is 24.2. The van der Waals surface area contributed by atoms with Gasteiger partial charge in [-0.3, -0.25) is 14.5 Å². The van der Waals surface area contributed by atoms with E-state index in [1.807, 2.05) is 12.1 Å². The molecule has 0 aromatic heterocycles. The van der Waals surface area contributed by atoms with Crippen LogP contribution in [0.3, 0.4) is 0 Å². The zero-order chi connectivity index (χ0) is 23.2. The van der Waals surface area contributed by atoms with Gasteiger partial charge in [-0.05, 0) is 95.6 Å². The number of carbonyl (C=O) groups excluding carboxylic acids is 2. The van der Waals surface area contributed by atoms with Gasteiger partial charge in [0.1, 0.15) is 0 Å². The quantitative estimate of drug-likeness (QED) is 0.553. The third-order valence-electron chi connectivity index (χ3n) is 8.15. The van der Waals surface area contributed by atoms with Gasteiger partial charge in [-0.2, -0.15) is 0 Å². The number of aliphatic hydroxyl groups excluding tert-OH is 1. The summed E-state index contributed by atoms with van der Waals surface area (Å²) in [6, 6.07) is 12.0. The van der Waals surface area contributed by atoms with E-state index < -0.39 is 11.3 Å². The molecular weight excluding hydrogens is 480 g/mol. The number of amides is 2. The number of aliphatic hydroxyl groups is 1. The molecule has 2 aliphatic carbocycles. The highest BCUT2D eigenvalue weighted by Gasteiger charge is 2.52. The Labute approximate surface area is 203 Å². The second kappa shape index (κ2) is 8.88. The van der Waals surface area contributed by atoms with Crippen molar-refractivity contribution in [2.24, 2.45) is 11.7 Å². The van der Waals surface area contributed by atoms with Crippen LogP contribution in [0.25, 0.3) is 0 Å². The summed E-state index contributed by atoms with van der Waals surface area (Å²) >= 11 is 3.47. The van der Waals surface area contributed by atoms with Crippen LogP contribution in [0.15, 0.2) is 40.9 Å². The Balaban J connectivity index is 1.63. The number of nitrogens with two attached hydrogens (primary N) is 1. The number of anilines is 2. The SMILES string of the molecule is NC(=O)c1c(Br)cccc1N1C(=O)C2(CCCCC2)c2ccc(C3CCC(CO)CC3)cc21. The number of primary amides is 1. The molecule has 1 heterocycles. The maximum Gasteiger partial charge on any atom is 0.251 e. The molecule has 0 unspecified atom stereocenters. The second-order valence-electron chi connectivity index (χ2n) is 9.96. The molecule has 1 aliphatic heterocycles. The van der Waals surface area contributed by atoms with Crippen molar-refractivity contribution in [2.45, 2.75) is 69.1 Å². The van der Waals surface area contributed by atoms with E-state index in [0.29, 0.717) is 27.6 Å². The van der Waals surface area contributed by atoms with Gasteiger partial charge >= 0.3 is 0 Å². The molecule has 3 N–H and O–H groups in total. The Morgan fingerprint density at radius 2 is 1.79 bits per heavy atom. The number of benzene rings is 2. The fraction of sp³-hybridized carbons (Fsp3) is 0.481. The van der Waals surface area contributed by atoms with E-state index in [0.717, 1.165) is 69.0 Å². The number of halogens is 1. The van der Waals surface area contributed by atoms with Crippen LogP contribution < -0.4 is 10.6 Å². The van der Waals surface area contributed by atoms with Crippen molar-refractivity contribution in [1.29, 1.82) is 0 Å². The van der Waals surface area contributed by atoms with Crippen LogP contribution in [0, 0.1) is 5.92 Å². The van der Waals surface area contributed by atoms with E-state index in [2.05, 4.69) is 34.1 Å². The van der Waals surface area contributed by atoms with E-state index in [1.54, 1.807) is 11.0 Å². The van der Waals surface area contributed by atoms with Crippen LogP contribution in [-0.2, 0) is 10.2 Å². The van der Waals surface area contributed by atoms with Crippen molar-refractivity contribution < 1.29 is 14.7 Å². The molecule has 2 saturated carbocycles. The number of fused-ring (bicyclic) bond motifs is 2. The lowest BCUT2D eigenvalue weighted by Gasteiger charge is -2.32. The molecule has 2 fully saturated rings. The van der Waals surface area contributed by atoms with Gasteiger partial charge in [0.25, 0.3) is 5.91 Å². The van der Waals surface area contributed by atoms with E-state index in [9.17, 15) is 14.7 Å². The Morgan fingerprint density at radius 3 is 2.45 bits per heavy atom. The van der Waals surface area contributed by atoms with E-state index >= 15 is 0 Å². The molecule has 33 heavy (non-hydrogen) atoms. The molecule has 0 atom stereocenters. The van der Waals surface area contributed by atoms with Gasteiger partial charge in [0.15, 0.2) is 0 Å². The molecule has 6 heteroatoms. The largest absolute Gasteiger partial charge is 0.396 e. The van der Waals surface area contributed by atoms with Gasteiger partial charge < -0.3 is 10.8 Å². The van der Waals surface area contributed by atoms with Crippen LogP contribution >= 0.6 is 15.9 Å². The molecule has 5 nitrogen and oxygen atoms in total. The van der Waals surface area contributed by atoms with Gasteiger partial charge in [-0.25, -0.2) is 0 Å². The number of hydrogen-bond acceptors (Lipinski definition) is 3. The molecule has 2 aromatic rings. The summed E-state index contributed by atoms with van der Waals surface area (Å²) in [6.45, 7) is 0.264. The lowest BCUT2D eigenvalue weighted by atomic mass is 9.70. The van der Waals surface area contributed by atoms with Crippen LogP contribution in [0.1, 0.15) is 85.2 Å². The minimum absolute atomic E-state index is 0.0685. The molecule has 5 rings (SSSR count). The van der Waals surface area contributed by atoms with Crippen molar-refractivity contribution >= 4 is 39.1 Å². The van der Waals surface area contributed by atoms with Gasteiger partial charge in [0.05, 0.1) is 22.4 Å². The van der Waals surface area contributed by atoms with Crippen molar-refractivity contribution in [3.63, 3.8) is 0 Å². The van der Waals surface area contributed by atoms with E-state index in [1.165, 1.54) is 5.56 Å². The molecular formula is C27H31BrN2O3. The lowest BCUT2D eigenvalue weighted by Crippen LogP contribution is -2.40. The number of carbonyl (C=O) groups is 2. The average molecular weight is 511 g/mol. The average Bonchev–Trinajstić information content (AvgIpc) is 3.06. The number of rotatable bonds is 4. The number of hydrogen-bond donors (Lipinski definition) is 2. The third-order valence-corrected chi connectivity index (χ3v) is 8.81. The van der Waals surface area contributed by atoms with Gasteiger partial charge in [0.2, 0.25) is 5.91 Å². The van der Waals surface area contributed by atoms with E-state index in [4.69, 9.17) is 5.73 Å². The summed E-state index contributed by atoms with van der Waals surface area (Å²) in [5.74, 6) is 0.351. The fourth-order valence-electron chi connectivity index (χ4n) is 6.33. The Hall–Kier alpha value is -2.18. The first kappa shape index (κ1) is 22.6. The summed E-state index contributed by atoms with van der Waals surface area (Å²) < 4.78 is 0.602. The van der Waals surface area contributed by atoms with Gasteiger partial charge in [0, 0.05) is 11.1 Å². The molecule has 0 saturated heterocycles. The molecule has 2 amide bonds. The smallest absolute Gasteiger partial charge is 0.251 e. The topological polar surface area (TPSA) is 83.6 Å². The number of nitrogens with zero attached hydrogens (tertiary/aromatic N) is 1. The van der Waals surface area contributed by atoms with Crippen LogP contribution in [0.5, 0.6) is 0 Å². The monoisotopic (exact) mass is 510 g/mol. The summed E-state index contributed by atoms with van der Waals surface area (Å²) in [7, 11) is 0. The van der Waals surface area contributed by atoms with Crippen LogP contribution in [0.4, 0.5) is 11.4 Å². The molecule has 1 spiro atoms.